The fourth-order valence-corrected chi connectivity index (χ4v) is 2.37. The van der Waals surface area contributed by atoms with Crippen LogP contribution >= 0.6 is 15.9 Å². The largest absolute Gasteiger partial charge is 0.317 e. The third-order valence-electron chi connectivity index (χ3n) is 2.88. The molecule has 0 radical (unpaired) electrons. The van der Waals surface area contributed by atoms with Crippen LogP contribution in [0.25, 0.3) is 0 Å². The molecule has 15 heavy (non-hydrogen) atoms. The first-order valence-electron chi connectivity index (χ1n) is 5.40. The van der Waals surface area contributed by atoms with Gasteiger partial charge in [-0.3, -0.25) is 4.68 Å². The smallest absolute Gasteiger partial charge is 0.0635 e. The normalized spacial score (nSPS) is 13.5. The summed E-state index contributed by atoms with van der Waals surface area (Å²) in [6.07, 6.45) is 4.06. The van der Waals surface area contributed by atoms with E-state index >= 15 is 0 Å². The first-order valence-corrected chi connectivity index (χ1v) is 6.19. The molecule has 0 saturated carbocycles. The van der Waals surface area contributed by atoms with Crippen molar-refractivity contribution in [3.63, 3.8) is 0 Å². The summed E-state index contributed by atoms with van der Waals surface area (Å²) in [5.74, 6) is 0.669. The maximum atomic E-state index is 4.21. The molecule has 0 spiro atoms. The van der Waals surface area contributed by atoms with E-state index in [0.29, 0.717) is 12.0 Å². The van der Waals surface area contributed by atoms with Crippen LogP contribution in [0.4, 0.5) is 0 Å². The monoisotopic (exact) mass is 273 g/mol. The van der Waals surface area contributed by atoms with Gasteiger partial charge in [0.25, 0.3) is 0 Å². The molecule has 0 saturated heterocycles. The van der Waals surface area contributed by atoms with Crippen molar-refractivity contribution in [2.24, 2.45) is 13.0 Å². The summed E-state index contributed by atoms with van der Waals surface area (Å²) in [4.78, 5) is 0. The Balaban J connectivity index is 2.56. The van der Waals surface area contributed by atoms with Gasteiger partial charge in [0, 0.05) is 13.1 Å². The number of halogens is 1. The van der Waals surface area contributed by atoms with Crippen LogP contribution in [0.3, 0.4) is 0 Å². The highest BCUT2D eigenvalue weighted by Gasteiger charge is 2.13. The fourth-order valence-electron chi connectivity index (χ4n) is 1.82. The van der Waals surface area contributed by atoms with Gasteiger partial charge in [-0.05, 0) is 41.7 Å². The Labute approximate surface area is 100 Å². The van der Waals surface area contributed by atoms with Crippen LogP contribution in [-0.4, -0.2) is 22.9 Å². The molecule has 1 heterocycles. The molecule has 1 rings (SSSR count). The van der Waals surface area contributed by atoms with E-state index in [1.54, 1.807) is 0 Å². The third-order valence-corrected chi connectivity index (χ3v) is 3.54. The quantitative estimate of drug-likeness (QED) is 0.893. The minimum Gasteiger partial charge on any atom is -0.317 e. The number of aryl methyl sites for hydroxylation is 1. The summed E-state index contributed by atoms with van der Waals surface area (Å²) in [6, 6.07) is 0.576. The Morgan fingerprint density at radius 3 is 2.60 bits per heavy atom. The van der Waals surface area contributed by atoms with Crippen LogP contribution in [0, 0.1) is 5.92 Å². The van der Waals surface area contributed by atoms with Gasteiger partial charge in [-0.25, -0.2) is 0 Å². The van der Waals surface area contributed by atoms with Gasteiger partial charge in [0.2, 0.25) is 0 Å². The van der Waals surface area contributed by atoms with Gasteiger partial charge in [0.05, 0.1) is 16.4 Å². The van der Waals surface area contributed by atoms with E-state index in [0.717, 1.165) is 17.3 Å². The van der Waals surface area contributed by atoms with Crippen molar-refractivity contribution >= 4 is 15.9 Å². The van der Waals surface area contributed by atoms with Crippen molar-refractivity contribution in [2.45, 2.75) is 32.7 Å². The average molecular weight is 274 g/mol. The molecule has 86 valence electrons. The van der Waals surface area contributed by atoms with E-state index in [2.05, 4.69) is 40.2 Å². The summed E-state index contributed by atoms with van der Waals surface area (Å²) >= 11 is 3.52. The second kappa shape index (κ2) is 5.66. The number of hydrogen-bond acceptors (Lipinski definition) is 2. The topological polar surface area (TPSA) is 29.9 Å². The molecule has 1 N–H and O–H groups in total. The molecule has 1 atom stereocenters. The van der Waals surface area contributed by atoms with Crippen LogP contribution in [-0.2, 0) is 13.5 Å². The number of nitrogens with one attached hydrogen (secondary N) is 1. The Morgan fingerprint density at radius 1 is 1.53 bits per heavy atom. The van der Waals surface area contributed by atoms with Gasteiger partial charge in [-0.15, -0.1) is 0 Å². The van der Waals surface area contributed by atoms with Crippen molar-refractivity contribution in [2.75, 3.05) is 7.05 Å². The summed E-state index contributed by atoms with van der Waals surface area (Å²) < 4.78 is 3.06. The molecule has 0 aliphatic heterocycles. The highest BCUT2D eigenvalue weighted by atomic mass is 79.9. The van der Waals surface area contributed by atoms with Gasteiger partial charge in [-0.1, -0.05) is 13.8 Å². The summed E-state index contributed by atoms with van der Waals surface area (Å²) in [7, 11) is 4.02. The number of hydrogen-bond donors (Lipinski definition) is 1. The second-order valence-corrected chi connectivity index (χ2v) is 5.10. The van der Waals surface area contributed by atoms with Crippen LogP contribution < -0.4 is 5.32 Å². The first kappa shape index (κ1) is 12.7. The molecular weight excluding hydrogens is 254 g/mol. The molecule has 1 aromatic heterocycles. The van der Waals surface area contributed by atoms with Crippen LogP contribution in [0.1, 0.15) is 26.0 Å². The Morgan fingerprint density at radius 2 is 2.20 bits per heavy atom. The summed E-state index contributed by atoms with van der Waals surface area (Å²) in [5, 5.41) is 7.57. The van der Waals surface area contributed by atoms with E-state index in [-0.39, 0.29) is 0 Å². The molecule has 1 unspecified atom stereocenters. The molecule has 0 aliphatic carbocycles. The van der Waals surface area contributed by atoms with Gasteiger partial charge >= 0.3 is 0 Å². The average Bonchev–Trinajstić information content (AvgIpc) is 2.49. The van der Waals surface area contributed by atoms with E-state index in [4.69, 9.17) is 0 Å². The molecule has 0 amide bonds. The fraction of sp³-hybridized carbons (Fsp3) is 0.727. The minimum atomic E-state index is 0.576. The van der Waals surface area contributed by atoms with Crippen LogP contribution in [0.5, 0.6) is 0 Å². The molecular formula is C11H20BrN3. The SMILES string of the molecule is CNC(CCc1c(Br)cnn1C)C(C)C. The van der Waals surface area contributed by atoms with E-state index in [1.807, 2.05) is 25.0 Å². The lowest BCUT2D eigenvalue weighted by molar-refractivity contribution is 0.399. The second-order valence-electron chi connectivity index (χ2n) is 4.24. The Hall–Kier alpha value is -0.350. The lowest BCUT2D eigenvalue weighted by Gasteiger charge is -2.20. The van der Waals surface area contributed by atoms with Crippen molar-refractivity contribution in [3.8, 4) is 0 Å². The van der Waals surface area contributed by atoms with Gasteiger partial charge in [0.1, 0.15) is 0 Å². The molecule has 0 aromatic carbocycles. The van der Waals surface area contributed by atoms with Crippen molar-refractivity contribution in [3.05, 3.63) is 16.4 Å². The molecule has 1 aromatic rings. The van der Waals surface area contributed by atoms with Crippen molar-refractivity contribution < 1.29 is 0 Å². The maximum absolute atomic E-state index is 4.21. The first-order chi connectivity index (χ1) is 7.06. The third kappa shape index (κ3) is 3.31. The van der Waals surface area contributed by atoms with E-state index in [1.165, 1.54) is 5.69 Å². The van der Waals surface area contributed by atoms with Crippen LogP contribution in [0.2, 0.25) is 0 Å². The predicted molar refractivity (Wildman–Crippen MR) is 66.9 cm³/mol. The summed E-state index contributed by atoms with van der Waals surface area (Å²) in [5.41, 5.74) is 1.27. The molecule has 0 aliphatic rings. The van der Waals surface area contributed by atoms with Crippen molar-refractivity contribution in [1.82, 2.24) is 15.1 Å². The molecule has 0 fully saturated rings. The lowest BCUT2D eigenvalue weighted by Crippen LogP contribution is -2.31. The highest BCUT2D eigenvalue weighted by molar-refractivity contribution is 9.10. The van der Waals surface area contributed by atoms with E-state index < -0.39 is 0 Å². The maximum Gasteiger partial charge on any atom is 0.0635 e. The molecule has 3 nitrogen and oxygen atoms in total. The number of nitrogens with zero attached hydrogens (tertiary/aromatic N) is 2. The van der Waals surface area contributed by atoms with Gasteiger partial charge in [0.15, 0.2) is 0 Å². The molecule has 4 heteroatoms. The van der Waals surface area contributed by atoms with Crippen LogP contribution in [0.15, 0.2) is 10.7 Å². The molecule has 0 bridgehead atoms. The van der Waals surface area contributed by atoms with Gasteiger partial charge in [-0.2, -0.15) is 5.10 Å². The van der Waals surface area contributed by atoms with Crippen molar-refractivity contribution in [1.29, 1.82) is 0 Å². The lowest BCUT2D eigenvalue weighted by atomic mass is 9.98. The highest BCUT2D eigenvalue weighted by Crippen LogP contribution is 2.18. The minimum absolute atomic E-state index is 0.576. The summed E-state index contributed by atoms with van der Waals surface area (Å²) in [6.45, 7) is 4.50. The standard InChI is InChI=1S/C11H20BrN3/c1-8(2)10(13-3)5-6-11-9(12)7-14-15(11)4/h7-8,10,13H,5-6H2,1-4H3. The zero-order chi connectivity index (χ0) is 11.4. The van der Waals surface area contributed by atoms with E-state index in [9.17, 15) is 0 Å². The zero-order valence-electron chi connectivity index (χ0n) is 9.92. The predicted octanol–water partition coefficient (Wildman–Crippen LogP) is 2.36. The Kier molecular flexibility index (Phi) is 4.80. The Bertz CT molecular complexity index is 287. The van der Waals surface area contributed by atoms with Gasteiger partial charge < -0.3 is 5.32 Å². The zero-order valence-corrected chi connectivity index (χ0v) is 11.5. The number of aromatic nitrogens is 2. The number of rotatable bonds is 5.